The van der Waals surface area contributed by atoms with E-state index >= 15 is 0 Å². The summed E-state index contributed by atoms with van der Waals surface area (Å²) in [6.45, 7) is 2.68. The number of rotatable bonds is 5. The van der Waals surface area contributed by atoms with E-state index in [9.17, 15) is 9.90 Å². The first-order valence-corrected chi connectivity index (χ1v) is 7.74. The van der Waals surface area contributed by atoms with Crippen LogP contribution >= 0.6 is 0 Å². The summed E-state index contributed by atoms with van der Waals surface area (Å²) in [5.74, 6) is -0.448. The Morgan fingerprint density at radius 3 is 2.50 bits per heavy atom. The molecule has 0 saturated carbocycles. The zero-order valence-electron chi connectivity index (χ0n) is 13.4. The Balaban J connectivity index is 1.62. The fourth-order valence-electron chi connectivity index (χ4n) is 2.43. The molecule has 0 fully saturated rings. The van der Waals surface area contributed by atoms with Crippen molar-refractivity contribution in [1.82, 2.24) is 9.78 Å². The van der Waals surface area contributed by atoms with Crippen molar-refractivity contribution in [3.05, 3.63) is 83.7 Å². The fourth-order valence-corrected chi connectivity index (χ4v) is 2.43. The summed E-state index contributed by atoms with van der Waals surface area (Å²) >= 11 is 0. The minimum absolute atomic E-state index is 0.448. The third-order valence-corrected chi connectivity index (χ3v) is 3.69. The molecule has 0 radical (unpaired) electrons. The van der Waals surface area contributed by atoms with Gasteiger partial charge >= 0.3 is 0 Å². The van der Waals surface area contributed by atoms with Crippen LogP contribution in [0.15, 0.2) is 67.0 Å². The van der Waals surface area contributed by atoms with E-state index in [4.69, 9.17) is 0 Å². The standard InChI is InChI=1S/C19H19N3O2/c1-14-11-20-22(12-14)13-15-7-9-17(10-8-15)21-19(24)18(23)16-5-3-2-4-6-16/h2-12,18,23H,13H2,1H3,(H,21,24). The molecule has 0 bridgehead atoms. The number of nitrogens with zero attached hydrogens (tertiary/aromatic N) is 2. The molecular weight excluding hydrogens is 302 g/mol. The van der Waals surface area contributed by atoms with Crippen LogP contribution < -0.4 is 5.32 Å². The first kappa shape index (κ1) is 16.0. The van der Waals surface area contributed by atoms with Crippen molar-refractivity contribution in [2.24, 2.45) is 0 Å². The number of nitrogens with one attached hydrogen (secondary N) is 1. The van der Waals surface area contributed by atoms with Gasteiger partial charge in [-0.15, -0.1) is 0 Å². The van der Waals surface area contributed by atoms with Crippen molar-refractivity contribution >= 4 is 11.6 Å². The van der Waals surface area contributed by atoms with Gasteiger partial charge in [-0.05, 0) is 35.7 Å². The van der Waals surface area contributed by atoms with Crippen LogP contribution in [0.2, 0.25) is 0 Å². The minimum Gasteiger partial charge on any atom is -0.378 e. The second kappa shape index (κ2) is 7.10. The van der Waals surface area contributed by atoms with Gasteiger partial charge in [-0.25, -0.2) is 0 Å². The second-order valence-corrected chi connectivity index (χ2v) is 5.71. The number of hydrogen-bond donors (Lipinski definition) is 2. The molecule has 5 heteroatoms. The van der Waals surface area contributed by atoms with Gasteiger partial charge < -0.3 is 10.4 Å². The molecule has 1 atom stereocenters. The van der Waals surface area contributed by atoms with Gasteiger partial charge in [0.15, 0.2) is 6.10 Å². The molecule has 0 saturated heterocycles. The first-order valence-electron chi connectivity index (χ1n) is 7.74. The van der Waals surface area contributed by atoms with Crippen LogP contribution in [0.5, 0.6) is 0 Å². The predicted molar refractivity (Wildman–Crippen MR) is 92.5 cm³/mol. The first-order chi connectivity index (χ1) is 11.6. The van der Waals surface area contributed by atoms with E-state index in [-0.39, 0.29) is 0 Å². The third kappa shape index (κ3) is 3.88. The number of benzene rings is 2. The molecule has 3 aromatic rings. The van der Waals surface area contributed by atoms with Gasteiger partial charge in [0, 0.05) is 11.9 Å². The van der Waals surface area contributed by atoms with Gasteiger partial charge in [0.05, 0.1) is 12.7 Å². The molecule has 122 valence electrons. The monoisotopic (exact) mass is 321 g/mol. The summed E-state index contributed by atoms with van der Waals surface area (Å²) in [6, 6.07) is 16.4. The maximum Gasteiger partial charge on any atom is 0.257 e. The van der Waals surface area contributed by atoms with Gasteiger partial charge in [0.25, 0.3) is 5.91 Å². The highest BCUT2D eigenvalue weighted by atomic mass is 16.3. The van der Waals surface area contributed by atoms with Crippen LogP contribution in [-0.2, 0) is 11.3 Å². The molecule has 1 aromatic heterocycles. The maximum absolute atomic E-state index is 12.1. The van der Waals surface area contributed by atoms with Crippen LogP contribution in [0.1, 0.15) is 22.8 Å². The number of amides is 1. The van der Waals surface area contributed by atoms with E-state index in [1.807, 2.05) is 54.3 Å². The summed E-state index contributed by atoms with van der Waals surface area (Å²) in [5.41, 5.74) is 3.42. The average Bonchev–Trinajstić information content (AvgIpc) is 3.01. The Morgan fingerprint density at radius 1 is 1.17 bits per heavy atom. The van der Waals surface area contributed by atoms with E-state index in [0.29, 0.717) is 17.8 Å². The lowest BCUT2D eigenvalue weighted by Gasteiger charge is -2.12. The molecule has 1 heterocycles. The number of aryl methyl sites for hydroxylation is 1. The number of carbonyl (C=O) groups excluding carboxylic acids is 1. The number of aliphatic hydroxyl groups excluding tert-OH is 1. The highest BCUT2D eigenvalue weighted by Gasteiger charge is 2.16. The van der Waals surface area contributed by atoms with E-state index in [1.165, 1.54) is 0 Å². The van der Waals surface area contributed by atoms with E-state index in [2.05, 4.69) is 10.4 Å². The van der Waals surface area contributed by atoms with Crippen molar-refractivity contribution in [3.63, 3.8) is 0 Å². The highest BCUT2D eigenvalue weighted by molar-refractivity contribution is 5.94. The molecule has 0 spiro atoms. The van der Waals surface area contributed by atoms with E-state index < -0.39 is 12.0 Å². The van der Waals surface area contributed by atoms with Crippen molar-refractivity contribution in [3.8, 4) is 0 Å². The number of hydrogen-bond acceptors (Lipinski definition) is 3. The van der Waals surface area contributed by atoms with Gasteiger partial charge in [0.1, 0.15) is 0 Å². The predicted octanol–water partition coefficient (Wildman–Crippen LogP) is 2.91. The highest BCUT2D eigenvalue weighted by Crippen LogP contribution is 2.16. The molecule has 1 amide bonds. The molecule has 3 rings (SSSR count). The van der Waals surface area contributed by atoms with Crippen molar-refractivity contribution in [1.29, 1.82) is 0 Å². The Kier molecular flexibility index (Phi) is 4.72. The summed E-state index contributed by atoms with van der Waals surface area (Å²) < 4.78 is 1.86. The van der Waals surface area contributed by atoms with E-state index in [0.717, 1.165) is 11.1 Å². The molecular formula is C19H19N3O2. The van der Waals surface area contributed by atoms with Crippen molar-refractivity contribution < 1.29 is 9.90 Å². The SMILES string of the molecule is Cc1cnn(Cc2ccc(NC(=O)C(O)c3ccccc3)cc2)c1. The van der Waals surface area contributed by atoms with Crippen LogP contribution in [-0.4, -0.2) is 20.8 Å². The smallest absolute Gasteiger partial charge is 0.257 e. The van der Waals surface area contributed by atoms with Gasteiger partial charge in [0.2, 0.25) is 0 Å². The molecule has 2 N–H and O–H groups in total. The summed E-state index contributed by atoms with van der Waals surface area (Å²) in [6.07, 6.45) is 2.61. The Hall–Kier alpha value is -2.92. The normalized spacial score (nSPS) is 11.9. The van der Waals surface area contributed by atoms with E-state index in [1.54, 1.807) is 24.3 Å². The summed E-state index contributed by atoms with van der Waals surface area (Å²) in [5, 5.41) is 17.1. The van der Waals surface area contributed by atoms with Gasteiger partial charge in [-0.1, -0.05) is 42.5 Å². The molecule has 0 aliphatic heterocycles. The maximum atomic E-state index is 12.1. The van der Waals surface area contributed by atoms with Crippen molar-refractivity contribution in [2.75, 3.05) is 5.32 Å². The summed E-state index contributed by atoms with van der Waals surface area (Å²) in [7, 11) is 0. The average molecular weight is 321 g/mol. The lowest BCUT2D eigenvalue weighted by molar-refractivity contribution is -0.124. The Labute approximate surface area is 140 Å². The van der Waals surface area contributed by atoms with Crippen LogP contribution in [0.3, 0.4) is 0 Å². The number of aliphatic hydroxyl groups is 1. The lowest BCUT2D eigenvalue weighted by atomic mass is 10.1. The minimum atomic E-state index is -1.18. The Morgan fingerprint density at radius 2 is 1.88 bits per heavy atom. The topological polar surface area (TPSA) is 67.2 Å². The molecule has 0 aliphatic rings. The molecule has 24 heavy (non-hydrogen) atoms. The largest absolute Gasteiger partial charge is 0.378 e. The van der Waals surface area contributed by atoms with Crippen molar-refractivity contribution in [2.45, 2.75) is 19.6 Å². The number of carbonyl (C=O) groups is 1. The van der Waals surface area contributed by atoms with Gasteiger partial charge in [-0.3, -0.25) is 9.48 Å². The van der Waals surface area contributed by atoms with Gasteiger partial charge in [-0.2, -0.15) is 5.10 Å². The molecule has 2 aromatic carbocycles. The lowest BCUT2D eigenvalue weighted by Crippen LogP contribution is -2.20. The number of aromatic nitrogens is 2. The van der Waals surface area contributed by atoms with Crippen LogP contribution in [0, 0.1) is 6.92 Å². The fraction of sp³-hybridized carbons (Fsp3) is 0.158. The zero-order chi connectivity index (χ0) is 16.9. The van der Waals surface area contributed by atoms with Crippen LogP contribution in [0.25, 0.3) is 0 Å². The zero-order valence-corrected chi connectivity index (χ0v) is 13.4. The Bertz CT molecular complexity index is 810. The molecule has 1 unspecified atom stereocenters. The second-order valence-electron chi connectivity index (χ2n) is 5.71. The quantitative estimate of drug-likeness (QED) is 0.759. The molecule has 0 aliphatic carbocycles. The van der Waals surface area contributed by atoms with Crippen LogP contribution in [0.4, 0.5) is 5.69 Å². The molecule has 5 nitrogen and oxygen atoms in total. The third-order valence-electron chi connectivity index (χ3n) is 3.69. The number of anilines is 1. The summed E-state index contributed by atoms with van der Waals surface area (Å²) in [4.78, 5) is 12.1.